The molecule has 0 amide bonds. The Balaban J connectivity index is 2.06. The van der Waals surface area contributed by atoms with Crippen molar-refractivity contribution < 1.29 is 4.74 Å². The smallest absolute Gasteiger partial charge is 0.126 e. The quantitative estimate of drug-likeness (QED) is 0.438. The fraction of sp³-hybridized carbons (Fsp3) is 0.111. The second-order valence-electron chi connectivity index (χ2n) is 4.70. The predicted molar refractivity (Wildman–Crippen MR) is 92.9 cm³/mol. The zero-order chi connectivity index (χ0) is 15.4. The Hall–Kier alpha value is -2.33. The normalized spacial score (nSPS) is 11.2. The summed E-state index contributed by atoms with van der Waals surface area (Å²) in [5, 5.41) is 10.9. The molecule has 0 saturated carbocycles. The van der Waals surface area contributed by atoms with Crippen molar-refractivity contribution in [3.63, 3.8) is 0 Å². The minimum atomic E-state index is 0.840. The summed E-state index contributed by atoms with van der Waals surface area (Å²) in [4.78, 5) is 1.11. The molecule has 0 N–H and O–H groups in total. The maximum absolute atomic E-state index is 5.41. The highest BCUT2D eigenvalue weighted by Crippen LogP contribution is 2.35. The molecule has 3 aromatic rings. The molecule has 110 valence electrons. The number of methoxy groups -OCH3 is 1. The van der Waals surface area contributed by atoms with Crippen LogP contribution in [-0.4, -0.2) is 13.4 Å². The highest BCUT2D eigenvalue weighted by molar-refractivity contribution is 7.98. The lowest BCUT2D eigenvalue weighted by atomic mass is 10.1. The minimum Gasteiger partial charge on any atom is -0.496 e. The van der Waals surface area contributed by atoms with E-state index in [0.29, 0.717) is 0 Å². The van der Waals surface area contributed by atoms with Crippen LogP contribution in [0.15, 0.2) is 75.8 Å². The molecule has 4 heteroatoms. The molecule has 22 heavy (non-hydrogen) atoms. The highest BCUT2D eigenvalue weighted by Gasteiger charge is 2.05. The van der Waals surface area contributed by atoms with Gasteiger partial charge in [-0.15, -0.1) is 22.0 Å². The first-order chi connectivity index (χ1) is 10.8. The third-order valence-electron chi connectivity index (χ3n) is 3.43. The van der Waals surface area contributed by atoms with E-state index in [1.165, 1.54) is 0 Å². The first kappa shape index (κ1) is 14.6. The molecule has 0 atom stereocenters. The monoisotopic (exact) mass is 308 g/mol. The van der Waals surface area contributed by atoms with Gasteiger partial charge in [-0.2, -0.15) is 0 Å². The second-order valence-corrected chi connectivity index (χ2v) is 5.55. The van der Waals surface area contributed by atoms with Crippen LogP contribution in [0, 0.1) is 0 Å². The van der Waals surface area contributed by atoms with Crippen LogP contribution in [0.25, 0.3) is 10.8 Å². The molecule has 0 saturated heterocycles. The van der Waals surface area contributed by atoms with Crippen molar-refractivity contribution in [1.82, 2.24) is 0 Å². The molecule has 0 unspecified atom stereocenters. The number of rotatable bonds is 4. The van der Waals surface area contributed by atoms with Crippen molar-refractivity contribution in [1.29, 1.82) is 0 Å². The Morgan fingerprint density at radius 2 is 1.45 bits per heavy atom. The molecular formula is C18H16N2OS. The number of hydrogen-bond donors (Lipinski definition) is 0. The molecule has 0 aliphatic heterocycles. The molecule has 0 radical (unpaired) electrons. The zero-order valence-electron chi connectivity index (χ0n) is 12.5. The Labute approximate surface area is 134 Å². The van der Waals surface area contributed by atoms with E-state index in [1.807, 2.05) is 66.9 Å². The number of hydrogen-bond acceptors (Lipinski definition) is 4. The minimum absolute atomic E-state index is 0.840. The maximum Gasteiger partial charge on any atom is 0.126 e. The van der Waals surface area contributed by atoms with E-state index in [0.717, 1.165) is 32.8 Å². The van der Waals surface area contributed by atoms with Crippen LogP contribution >= 0.6 is 11.8 Å². The van der Waals surface area contributed by atoms with Crippen molar-refractivity contribution in [2.75, 3.05) is 13.4 Å². The molecule has 0 heterocycles. The SMILES string of the molecule is COc1ccc(N=Nc2ccccc2SC)c2ccccc12. The second kappa shape index (κ2) is 6.62. The zero-order valence-corrected chi connectivity index (χ0v) is 13.3. The third-order valence-corrected chi connectivity index (χ3v) is 4.22. The Kier molecular flexibility index (Phi) is 4.39. The number of azo groups is 1. The van der Waals surface area contributed by atoms with E-state index >= 15 is 0 Å². The summed E-state index contributed by atoms with van der Waals surface area (Å²) >= 11 is 1.67. The van der Waals surface area contributed by atoms with Crippen LogP contribution in [0.3, 0.4) is 0 Å². The highest BCUT2D eigenvalue weighted by atomic mass is 32.2. The lowest BCUT2D eigenvalue weighted by Crippen LogP contribution is -1.84. The summed E-state index contributed by atoms with van der Waals surface area (Å²) < 4.78 is 5.41. The average molecular weight is 308 g/mol. The molecule has 0 aromatic heterocycles. The summed E-state index contributed by atoms with van der Waals surface area (Å²) in [5.41, 5.74) is 1.72. The van der Waals surface area contributed by atoms with Crippen LogP contribution in [0.1, 0.15) is 0 Å². The number of thioether (sulfide) groups is 1. The molecule has 0 aliphatic rings. The predicted octanol–water partition coefficient (Wildman–Crippen LogP) is 5.99. The van der Waals surface area contributed by atoms with Crippen molar-refractivity contribution in [2.24, 2.45) is 10.2 Å². The number of fused-ring (bicyclic) bond motifs is 1. The summed E-state index contributed by atoms with van der Waals surface area (Å²) in [5.74, 6) is 0.846. The van der Waals surface area contributed by atoms with Crippen LogP contribution in [0.2, 0.25) is 0 Å². The van der Waals surface area contributed by atoms with E-state index in [1.54, 1.807) is 18.9 Å². The fourth-order valence-electron chi connectivity index (χ4n) is 2.34. The Morgan fingerprint density at radius 1 is 0.773 bits per heavy atom. The van der Waals surface area contributed by atoms with Crippen LogP contribution < -0.4 is 4.74 Å². The van der Waals surface area contributed by atoms with Crippen molar-refractivity contribution in [2.45, 2.75) is 4.90 Å². The first-order valence-corrected chi connectivity index (χ1v) is 8.16. The topological polar surface area (TPSA) is 34.0 Å². The molecule has 3 rings (SSSR count). The van der Waals surface area contributed by atoms with Gasteiger partial charge in [-0.05, 0) is 30.5 Å². The lowest BCUT2D eigenvalue weighted by molar-refractivity contribution is 0.420. The Bertz CT molecular complexity index is 830. The number of ether oxygens (including phenoxy) is 1. The standard InChI is InChI=1S/C18H16N2OS/c1-21-17-12-11-15(13-7-3-4-8-14(13)17)19-20-16-9-5-6-10-18(16)22-2/h3-12H,1-2H3. The van der Waals surface area contributed by atoms with Gasteiger partial charge in [-0.25, -0.2) is 0 Å². The van der Waals surface area contributed by atoms with E-state index < -0.39 is 0 Å². The van der Waals surface area contributed by atoms with E-state index in [2.05, 4.69) is 10.2 Å². The van der Waals surface area contributed by atoms with E-state index in [4.69, 9.17) is 4.74 Å². The fourth-order valence-corrected chi connectivity index (χ4v) is 2.87. The van der Waals surface area contributed by atoms with Crippen LogP contribution in [0.5, 0.6) is 5.75 Å². The van der Waals surface area contributed by atoms with Gasteiger partial charge in [0.2, 0.25) is 0 Å². The molecule has 0 fully saturated rings. The van der Waals surface area contributed by atoms with Gasteiger partial charge in [0, 0.05) is 15.7 Å². The van der Waals surface area contributed by atoms with Crippen LogP contribution in [0.4, 0.5) is 11.4 Å². The van der Waals surface area contributed by atoms with Crippen molar-refractivity contribution >= 4 is 33.9 Å². The molecule has 0 bridgehead atoms. The van der Waals surface area contributed by atoms with Gasteiger partial charge in [-0.1, -0.05) is 36.4 Å². The van der Waals surface area contributed by atoms with E-state index in [-0.39, 0.29) is 0 Å². The molecular weight excluding hydrogens is 292 g/mol. The van der Waals surface area contributed by atoms with Gasteiger partial charge >= 0.3 is 0 Å². The summed E-state index contributed by atoms with van der Waals surface area (Å²) in [6.45, 7) is 0. The van der Waals surface area contributed by atoms with Crippen molar-refractivity contribution in [3.8, 4) is 5.75 Å². The average Bonchev–Trinajstić information content (AvgIpc) is 2.59. The Morgan fingerprint density at radius 3 is 2.23 bits per heavy atom. The summed E-state index contributed by atoms with van der Waals surface area (Å²) in [7, 11) is 1.68. The van der Waals surface area contributed by atoms with E-state index in [9.17, 15) is 0 Å². The summed E-state index contributed by atoms with van der Waals surface area (Å²) in [6, 6.07) is 19.9. The maximum atomic E-state index is 5.41. The molecule has 3 nitrogen and oxygen atoms in total. The van der Waals surface area contributed by atoms with Gasteiger partial charge < -0.3 is 4.74 Å². The van der Waals surface area contributed by atoms with Gasteiger partial charge in [0.1, 0.15) is 5.75 Å². The van der Waals surface area contributed by atoms with Crippen LogP contribution in [-0.2, 0) is 0 Å². The van der Waals surface area contributed by atoms with Gasteiger partial charge in [0.15, 0.2) is 0 Å². The number of nitrogens with zero attached hydrogens (tertiary/aromatic N) is 2. The van der Waals surface area contributed by atoms with Gasteiger partial charge in [0.25, 0.3) is 0 Å². The number of benzene rings is 3. The molecule has 3 aromatic carbocycles. The third kappa shape index (κ3) is 2.83. The van der Waals surface area contributed by atoms with Gasteiger partial charge in [0.05, 0.1) is 18.5 Å². The first-order valence-electron chi connectivity index (χ1n) is 6.94. The largest absolute Gasteiger partial charge is 0.496 e. The lowest BCUT2D eigenvalue weighted by Gasteiger charge is -2.07. The molecule has 0 spiro atoms. The molecule has 0 aliphatic carbocycles. The van der Waals surface area contributed by atoms with Gasteiger partial charge in [-0.3, -0.25) is 0 Å². The van der Waals surface area contributed by atoms with Crippen molar-refractivity contribution in [3.05, 3.63) is 60.7 Å². The summed E-state index contributed by atoms with van der Waals surface area (Å²) in [6.07, 6.45) is 2.04.